The van der Waals surface area contributed by atoms with Crippen molar-refractivity contribution in [2.24, 2.45) is 21.5 Å². The second kappa shape index (κ2) is 20.9. The van der Waals surface area contributed by atoms with Crippen molar-refractivity contribution in [3.8, 4) is 29.1 Å². The fourth-order valence-corrected chi connectivity index (χ4v) is 12.6. The molecule has 19 nitrogen and oxygen atoms in total. The van der Waals surface area contributed by atoms with Crippen LogP contribution in [0.3, 0.4) is 0 Å². The minimum absolute atomic E-state index is 0.0712. The Bertz CT molecular complexity index is 3240. The third-order valence-electron chi connectivity index (χ3n) is 17.2. The molecule has 0 bridgehead atoms. The zero-order chi connectivity index (χ0) is 56.2. The molecule has 414 valence electrons. The number of nitrogens with zero attached hydrogens (tertiary/aromatic N) is 5. The largest absolute Gasteiger partial charge is 0.492 e. The maximum Gasteiger partial charge on any atom is 0.352 e. The number of hydrogen-bond acceptors (Lipinski definition) is 15. The summed E-state index contributed by atoms with van der Waals surface area (Å²) in [5.74, 6) is -0.0626. The first-order valence-electron chi connectivity index (χ1n) is 27.5. The van der Waals surface area contributed by atoms with Crippen LogP contribution in [0.2, 0.25) is 0 Å². The van der Waals surface area contributed by atoms with Crippen LogP contribution >= 0.6 is 0 Å². The number of aliphatic imine (C=N–C) groups is 2. The number of amides is 4. The third kappa shape index (κ3) is 9.73. The SMILES string of the molecule is CCOC(=O)C1(C)Oc2ccccc2C1NC(=O)c1ccc2c(c1)[C@H](N1C(=O)CC(CC)(CC)N=C1N)CC(CC1(C)C[C@H](NC(=O)c3cc(C#N)c4c(c3)[C@H](N3C(=O)CC(CC)(CC)N=C3N)CCO4)c3ccccc3O1)O2. The van der Waals surface area contributed by atoms with Gasteiger partial charge in [-0.25, -0.2) is 14.8 Å². The molecule has 0 spiro atoms. The Hall–Kier alpha value is -8.14. The lowest BCUT2D eigenvalue weighted by Gasteiger charge is -2.46. The average molecular weight is 1080 g/mol. The van der Waals surface area contributed by atoms with Gasteiger partial charge in [-0.3, -0.25) is 29.0 Å². The van der Waals surface area contributed by atoms with E-state index < -0.39 is 70.3 Å². The summed E-state index contributed by atoms with van der Waals surface area (Å²) >= 11 is 0. The lowest BCUT2D eigenvalue weighted by molar-refractivity contribution is -0.161. The molecule has 19 heteroatoms. The number of rotatable bonds is 14. The highest BCUT2D eigenvalue weighted by molar-refractivity contribution is 6.01. The van der Waals surface area contributed by atoms with Crippen LogP contribution in [0.5, 0.6) is 23.0 Å². The van der Waals surface area contributed by atoms with Crippen molar-refractivity contribution in [1.82, 2.24) is 20.4 Å². The maximum atomic E-state index is 14.7. The van der Waals surface area contributed by atoms with Crippen molar-refractivity contribution in [3.63, 3.8) is 0 Å². The molecular weight excluding hydrogens is 1010 g/mol. The molecular formula is C60H69N9O10. The highest BCUT2D eigenvalue weighted by Crippen LogP contribution is 2.49. The summed E-state index contributed by atoms with van der Waals surface area (Å²) in [5, 5.41) is 16.7. The van der Waals surface area contributed by atoms with E-state index in [0.717, 1.165) is 5.56 Å². The molecule has 0 aromatic heterocycles. The number of para-hydroxylation sites is 2. The van der Waals surface area contributed by atoms with Crippen LogP contribution in [-0.4, -0.2) is 92.9 Å². The number of benzene rings is 4. The van der Waals surface area contributed by atoms with Gasteiger partial charge in [-0.1, -0.05) is 64.1 Å². The number of nitriles is 1. The van der Waals surface area contributed by atoms with Crippen LogP contribution in [0.1, 0.15) is 185 Å². The molecule has 6 heterocycles. The van der Waals surface area contributed by atoms with Gasteiger partial charge >= 0.3 is 5.97 Å². The lowest BCUT2D eigenvalue weighted by atomic mass is 9.81. The lowest BCUT2D eigenvalue weighted by Crippen LogP contribution is -2.54. The molecule has 6 aliphatic rings. The minimum Gasteiger partial charge on any atom is -0.492 e. The van der Waals surface area contributed by atoms with E-state index >= 15 is 0 Å². The monoisotopic (exact) mass is 1080 g/mol. The molecule has 4 unspecified atom stereocenters. The Morgan fingerprint density at radius 1 is 0.734 bits per heavy atom. The Balaban J connectivity index is 0.943. The van der Waals surface area contributed by atoms with E-state index in [1.807, 2.05) is 58.9 Å². The summed E-state index contributed by atoms with van der Waals surface area (Å²) in [6.45, 7) is 13.6. The third-order valence-corrected chi connectivity index (χ3v) is 17.2. The van der Waals surface area contributed by atoms with Crippen molar-refractivity contribution in [2.45, 2.75) is 165 Å². The molecule has 4 aromatic rings. The molecule has 6 aliphatic heterocycles. The summed E-state index contributed by atoms with van der Waals surface area (Å²) in [7, 11) is 0. The van der Waals surface area contributed by atoms with Gasteiger partial charge in [0.05, 0.1) is 60.8 Å². The summed E-state index contributed by atoms with van der Waals surface area (Å²) in [6.07, 6.45) is 3.43. The molecule has 0 saturated carbocycles. The van der Waals surface area contributed by atoms with E-state index in [0.29, 0.717) is 78.2 Å². The maximum absolute atomic E-state index is 14.7. The van der Waals surface area contributed by atoms with Crippen molar-refractivity contribution in [2.75, 3.05) is 13.2 Å². The number of fused-ring (bicyclic) bond motifs is 4. The van der Waals surface area contributed by atoms with Gasteiger partial charge in [0.2, 0.25) is 17.4 Å². The average Bonchev–Trinajstić information content (AvgIpc) is 3.76. The van der Waals surface area contributed by atoms with E-state index in [2.05, 4.69) is 16.7 Å². The van der Waals surface area contributed by atoms with Crippen LogP contribution in [-0.2, 0) is 19.1 Å². The van der Waals surface area contributed by atoms with E-state index in [-0.39, 0.29) is 79.3 Å². The minimum atomic E-state index is -1.56. The number of nitrogens with one attached hydrogen (secondary N) is 2. The van der Waals surface area contributed by atoms with Gasteiger partial charge in [-0.2, -0.15) is 5.26 Å². The summed E-state index contributed by atoms with van der Waals surface area (Å²) in [4.78, 5) is 83.8. The fraction of sp³-hybridized carbons (Fsp3) is 0.467. The Morgan fingerprint density at radius 2 is 1.33 bits per heavy atom. The van der Waals surface area contributed by atoms with Crippen molar-refractivity contribution < 1.29 is 47.7 Å². The fourth-order valence-electron chi connectivity index (χ4n) is 12.6. The Kier molecular flexibility index (Phi) is 14.4. The molecule has 4 amide bonds. The number of hydrogen-bond donors (Lipinski definition) is 4. The summed E-state index contributed by atoms with van der Waals surface area (Å²) < 4.78 is 31.4. The molecule has 10 rings (SSSR count). The smallest absolute Gasteiger partial charge is 0.352 e. The quantitative estimate of drug-likeness (QED) is 0.0872. The molecule has 4 aromatic carbocycles. The van der Waals surface area contributed by atoms with Crippen LogP contribution in [0.25, 0.3) is 0 Å². The summed E-state index contributed by atoms with van der Waals surface area (Å²) in [6, 6.07) is 22.2. The highest BCUT2D eigenvalue weighted by atomic mass is 16.6. The van der Waals surface area contributed by atoms with Crippen LogP contribution in [0.15, 0.2) is 88.8 Å². The second-order valence-electron chi connectivity index (χ2n) is 22.0. The summed E-state index contributed by atoms with van der Waals surface area (Å²) in [5.41, 5.74) is 12.6. The molecule has 79 heavy (non-hydrogen) atoms. The number of guanidine groups is 2. The molecule has 0 radical (unpaired) electrons. The first-order chi connectivity index (χ1) is 37.8. The number of carbonyl (C=O) groups is 5. The normalized spacial score (nSPS) is 26.1. The van der Waals surface area contributed by atoms with Crippen molar-refractivity contribution in [3.05, 3.63) is 118 Å². The van der Waals surface area contributed by atoms with Gasteiger partial charge in [0.1, 0.15) is 46.8 Å². The Morgan fingerprint density at radius 3 is 1.95 bits per heavy atom. The first kappa shape index (κ1) is 54.2. The van der Waals surface area contributed by atoms with E-state index in [9.17, 15) is 29.2 Å². The van der Waals surface area contributed by atoms with Gasteiger partial charge in [0, 0.05) is 59.1 Å². The van der Waals surface area contributed by atoms with E-state index in [1.165, 1.54) is 15.9 Å². The van der Waals surface area contributed by atoms with Crippen molar-refractivity contribution >= 4 is 41.5 Å². The van der Waals surface area contributed by atoms with Crippen LogP contribution in [0.4, 0.5) is 0 Å². The molecule has 7 atom stereocenters. The molecule has 0 aliphatic carbocycles. The van der Waals surface area contributed by atoms with Gasteiger partial charge in [-0.15, -0.1) is 0 Å². The zero-order valence-electron chi connectivity index (χ0n) is 45.9. The zero-order valence-corrected chi connectivity index (χ0v) is 45.9. The number of carbonyl (C=O) groups excluding carboxylic acids is 5. The predicted octanol–water partition coefficient (Wildman–Crippen LogP) is 8.07. The molecule has 6 N–H and O–H groups in total. The number of nitrogens with two attached hydrogens (primary N) is 2. The molecule has 0 saturated heterocycles. The number of ether oxygens (including phenoxy) is 5. The first-order valence-corrected chi connectivity index (χ1v) is 27.5. The predicted molar refractivity (Wildman–Crippen MR) is 292 cm³/mol. The van der Waals surface area contributed by atoms with Gasteiger partial charge in [-0.05, 0) is 88.9 Å². The van der Waals surface area contributed by atoms with Gasteiger partial charge in [0.25, 0.3) is 11.8 Å². The molecule has 0 fully saturated rings. The topological polar surface area (TPSA) is 263 Å². The Labute approximate surface area is 460 Å². The second-order valence-corrected chi connectivity index (χ2v) is 22.0. The van der Waals surface area contributed by atoms with Crippen molar-refractivity contribution in [1.29, 1.82) is 5.26 Å². The van der Waals surface area contributed by atoms with Gasteiger partial charge in [0.15, 0.2) is 11.9 Å². The van der Waals surface area contributed by atoms with Crippen LogP contribution < -0.4 is 41.0 Å². The standard InChI is InChI=1S/C60H69N9O10/c1-8-59(9-2)31-48(70)68(55(62)66-59)43-23-24-76-50-36(33-61)25-35(27-41(43)50)53(73)64-42-30-57(6,78-46-19-15-13-17-38(42)46)29-37-28-44(69-49(71)32-60(10-3,11-4)67-56(69)63)40-26-34(21-22-45(40)77-37)52(72)65-51-39-18-14-16-20-47(39)79-58(51,7)54(74)75-12-5/h13-22,25-27,37,42-44,51H,8-12,23-24,28-32H2,1-7H3,(H2,62,66)(H2,63,67)(H,64,73)(H,65,72)/t37?,42-,43+,44+,51?,57?,58?/m0/s1. The van der Waals surface area contributed by atoms with E-state index in [1.54, 1.807) is 62.4 Å². The van der Waals surface area contributed by atoms with E-state index in [4.69, 9.17) is 45.1 Å². The number of esters is 1. The highest BCUT2D eigenvalue weighted by Gasteiger charge is 2.53. The van der Waals surface area contributed by atoms with Crippen LogP contribution in [0, 0.1) is 11.3 Å². The van der Waals surface area contributed by atoms with Gasteiger partial charge < -0.3 is 45.8 Å².